The van der Waals surface area contributed by atoms with E-state index in [4.69, 9.17) is 16.6 Å². The van der Waals surface area contributed by atoms with Crippen molar-refractivity contribution in [2.75, 3.05) is 4.90 Å². The summed E-state index contributed by atoms with van der Waals surface area (Å²) in [7, 11) is 0. The van der Waals surface area contributed by atoms with E-state index < -0.39 is 11.8 Å². The Morgan fingerprint density at radius 3 is 2.78 bits per heavy atom. The second-order valence-corrected chi connectivity index (χ2v) is 9.67. The molecular weight excluding hydrogens is 462 g/mol. The van der Waals surface area contributed by atoms with Gasteiger partial charge in [0, 0.05) is 0 Å². The van der Waals surface area contributed by atoms with Gasteiger partial charge in [0.25, 0.3) is 11.8 Å². The van der Waals surface area contributed by atoms with Crippen LogP contribution >= 0.6 is 35.3 Å². The Hall–Kier alpha value is -3.27. The molecule has 32 heavy (non-hydrogen) atoms. The molecule has 0 aliphatic carbocycles. The molecule has 0 bridgehead atoms. The smallest absolute Gasteiger partial charge is 0.270 e. The molecule has 6 nitrogen and oxygen atoms in total. The second kappa shape index (κ2) is 8.34. The van der Waals surface area contributed by atoms with Crippen molar-refractivity contribution in [2.45, 2.75) is 16.4 Å². The number of thiazole rings is 1. The molecule has 1 N–H and O–H groups in total. The Balaban J connectivity index is 1.41. The summed E-state index contributed by atoms with van der Waals surface area (Å²) in [5.41, 5.74) is 2.46. The number of amides is 2. The van der Waals surface area contributed by atoms with E-state index in [1.165, 1.54) is 22.7 Å². The molecule has 0 unspecified atom stereocenters. The van der Waals surface area contributed by atoms with Gasteiger partial charge in [0.1, 0.15) is 11.3 Å². The van der Waals surface area contributed by atoms with E-state index in [0.29, 0.717) is 16.5 Å². The monoisotopic (exact) mass is 477 g/mol. The Kier molecular flexibility index (Phi) is 5.38. The molecule has 4 aromatic rings. The number of carbonyl (C=O) groups is 2. The molecule has 2 aromatic carbocycles. The first-order valence-electron chi connectivity index (χ1n) is 9.59. The molecule has 2 amide bonds. The number of nitrogens with one attached hydrogen (secondary N) is 1. The third kappa shape index (κ3) is 3.97. The van der Waals surface area contributed by atoms with Gasteiger partial charge in [-0.1, -0.05) is 24.3 Å². The average molecular weight is 478 g/mol. The van der Waals surface area contributed by atoms with Crippen LogP contribution in [0.3, 0.4) is 0 Å². The first-order valence-corrected chi connectivity index (χ1v) is 11.6. The fourth-order valence-corrected chi connectivity index (χ4v) is 5.50. The van der Waals surface area contributed by atoms with Crippen molar-refractivity contribution in [2.24, 2.45) is 0 Å². The standard InChI is InChI=1S/C23H15N3O3S3/c1-13-5-4-6-14(11-13)26-21(28)16(20(27)25-22(26)30)12-15-9-10-19(29-15)32-23-24-17-7-2-3-8-18(17)31-23/h2-12H,1H3,(H,25,27,30)/b16-12+. The van der Waals surface area contributed by atoms with Crippen LogP contribution in [-0.2, 0) is 9.59 Å². The lowest BCUT2D eigenvalue weighted by atomic mass is 10.1. The van der Waals surface area contributed by atoms with Crippen LogP contribution in [0.1, 0.15) is 11.3 Å². The minimum Gasteiger partial charge on any atom is -0.450 e. The van der Waals surface area contributed by atoms with Gasteiger partial charge < -0.3 is 4.42 Å². The van der Waals surface area contributed by atoms with Crippen LogP contribution in [0.5, 0.6) is 0 Å². The van der Waals surface area contributed by atoms with Crippen LogP contribution in [0.2, 0.25) is 0 Å². The number of anilines is 1. The summed E-state index contributed by atoms with van der Waals surface area (Å²) >= 11 is 8.21. The zero-order valence-corrected chi connectivity index (χ0v) is 19.1. The van der Waals surface area contributed by atoms with Gasteiger partial charge in [-0.3, -0.25) is 19.8 Å². The van der Waals surface area contributed by atoms with E-state index in [2.05, 4.69) is 10.3 Å². The average Bonchev–Trinajstić information content (AvgIpc) is 3.37. The zero-order chi connectivity index (χ0) is 22.2. The maximum absolute atomic E-state index is 13.1. The van der Waals surface area contributed by atoms with Gasteiger partial charge in [0.15, 0.2) is 14.5 Å². The van der Waals surface area contributed by atoms with Crippen molar-refractivity contribution in [3.05, 3.63) is 77.6 Å². The van der Waals surface area contributed by atoms with Gasteiger partial charge in [-0.05, 0) is 78.9 Å². The molecule has 0 saturated carbocycles. The van der Waals surface area contributed by atoms with E-state index in [-0.39, 0.29) is 10.7 Å². The Bertz CT molecular complexity index is 1390. The van der Waals surface area contributed by atoms with Crippen molar-refractivity contribution in [3.63, 3.8) is 0 Å². The minimum atomic E-state index is -0.555. The topological polar surface area (TPSA) is 75.4 Å². The highest BCUT2D eigenvalue weighted by atomic mass is 32.2. The molecule has 9 heteroatoms. The Labute approximate surface area is 196 Å². The van der Waals surface area contributed by atoms with Crippen LogP contribution in [0.25, 0.3) is 16.3 Å². The fraction of sp³-hybridized carbons (Fsp3) is 0.0435. The molecule has 0 spiro atoms. The predicted molar refractivity (Wildman–Crippen MR) is 130 cm³/mol. The number of para-hydroxylation sites is 1. The van der Waals surface area contributed by atoms with E-state index >= 15 is 0 Å². The van der Waals surface area contributed by atoms with Crippen LogP contribution in [0.15, 0.2) is 80.1 Å². The summed E-state index contributed by atoms with van der Waals surface area (Å²) in [6.45, 7) is 1.92. The lowest BCUT2D eigenvalue weighted by Crippen LogP contribution is -2.54. The highest BCUT2D eigenvalue weighted by Gasteiger charge is 2.34. The maximum Gasteiger partial charge on any atom is 0.270 e. The van der Waals surface area contributed by atoms with Gasteiger partial charge in [-0.15, -0.1) is 11.3 Å². The number of hydrogen-bond acceptors (Lipinski definition) is 7. The second-order valence-electron chi connectivity index (χ2n) is 7.00. The number of carbonyl (C=O) groups excluding carboxylic acids is 2. The third-order valence-electron chi connectivity index (χ3n) is 4.71. The van der Waals surface area contributed by atoms with Crippen LogP contribution in [0.4, 0.5) is 5.69 Å². The lowest BCUT2D eigenvalue weighted by Gasteiger charge is -2.28. The van der Waals surface area contributed by atoms with Gasteiger partial charge in [-0.2, -0.15) is 0 Å². The normalized spacial score (nSPS) is 15.6. The van der Waals surface area contributed by atoms with E-state index in [1.807, 2.05) is 49.4 Å². The minimum absolute atomic E-state index is 0.0500. The highest BCUT2D eigenvalue weighted by Crippen LogP contribution is 2.35. The molecule has 1 fully saturated rings. The van der Waals surface area contributed by atoms with Gasteiger partial charge in [0.2, 0.25) is 0 Å². The molecule has 0 radical (unpaired) electrons. The molecule has 158 valence electrons. The number of furan rings is 1. The molecule has 1 saturated heterocycles. The first kappa shape index (κ1) is 20.6. The summed E-state index contributed by atoms with van der Waals surface area (Å²) in [4.78, 5) is 31.5. The first-order chi connectivity index (χ1) is 15.5. The maximum atomic E-state index is 13.1. The number of thiocarbonyl (C=S) groups is 1. The van der Waals surface area contributed by atoms with Crippen molar-refractivity contribution in [1.29, 1.82) is 0 Å². The number of rotatable bonds is 4. The van der Waals surface area contributed by atoms with E-state index in [9.17, 15) is 9.59 Å². The van der Waals surface area contributed by atoms with Gasteiger partial charge in [0.05, 0.1) is 15.9 Å². The van der Waals surface area contributed by atoms with Crippen molar-refractivity contribution < 1.29 is 14.0 Å². The number of benzene rings is 2. The number of hydrogen-bond donors (Lipinski definition) is 1. The van der Waals surface area contributed by atoms with E-state index in [1.54, 1.807) is 29.5 Å². The largest absolute Gasteiger partial charge is 0.450 e. The summed E-state index contributed by atoms with van der Waals surface area (Å²) < 4.78 is 7.79. The van der Waals surface area contributed by atoms with E-state index in [0.717, 1.165) is 20.1 Å². The molecular formula is C23H15N3O3S3. The quantitative estimate of drug-likeness (QED) is 0.248. The summed E-state index contributed by atoms with van der Waals surface area (Å²) in [5, 5.41) is 3.25. The summed E-state index contributed by atoms with van der Waals surface area (Å²) in [6, 6.07) is 18.8. The number of nitrogens with zero attached hydrogens (tertiary/aromatic N) is 2. The Morgan fingerprint density at radius 1 is 1.12 bits per heavy atom. The summed E-state index contributed by atoms with van der Waals surface area (Å²) in [6.07, 6.45) is 1.44. The zero-order valence-electron chi connectivity index (χ0n) is 16.7. The molecule has 0 atom stereocenters. The lowest BCUT2D eigenvalue weighted by molar-refractivity contribution is -0.122. The third-order valence-corrected chi connectivity index (χ3v) is 7.01. The van der Waals surface area contributed by atoms with Crippen molar-refractivity contribution in [3.8, 4) is 0 Å². The van der Waals surface area contributed by atoms with Crippen LogP contribution in [-0.4, -0.2) is 21.9 Å². The number of aromatic nitrogens is 1. The number of aryl methyl sites for hydroxylation is 1. The van der Waals surface area contributed by atoms with Crippen molar-refractivity contribution >= 4 is 74.2 Å². The van der Waals surface area contributed by atoms with Crippen LogP contribution < -0.4 is 10.2 Å². The molecule has 2 aromatic heterocycles. The SMILES string of the molecule is Cc1cccc(N2C(=O)/C(=C/c3ccc(Sc4nc5ccccc5s4)o3)C(=O)NC2=S)c1. The van der Waals surface area contributed by atoms with Gasteiger partial charge >= 0.3 is 0 Å². The molecule has 1 aliphatic rings. The number of fused-ring (bicyclic) bond motifs is 1. The Morgan fingerprint density at radius 2 is 1.97 bits per heavy atom. The summed E-state index contributed by atoms with van der Waals surface area (Å²) in [5.74, 6) is -0.661. The molecule has 5 rings (SSSR count). The van der Waals surface area contributed by atoms with Gasteiger partial charge in [-0.25, -0.2) is 4.98 Å². The molecule has 1 aliphatic heterocycles. The fourth-order valence-electron chi connectivity index (χ4n) is 3.25. The molecule has 3 heterocycles. The highest BCUT2D eigenvalue weighted by molar-refractivity contribution is 8.01. The predicted octanol–water partition coefficient (Wildman–Crippen LogP) is 5.18. The van der Waals surface area contributed by atoms with Crippen LogP contribution in [0, 0.1) is 6.92 Å². The van der Waals surface area contributed by atoms with Crippen molar-refractivity contribution in [1.82, 2.24) is 10.3 Å².